The second kappa shape index (κ2) is 9.63. The molecule has 31 heavy (non-hydrogen) atoms. The molecule has 0 aliphatic heterocycles. The van der Waals surface area contributed by atoms with Gasteiger partial charge in [0.2, 0.25) is 0 Å². The van der Waals surface area contributed by atoms with Crippen LogP contribution in [0.4, 0.5) is 30.7 Å². The molecule has 0 saturated carbocycles. The minimum Gasteiger partial charge on any atom is -0.496 e. The van der Waals surface area contributed by atoms with E-state index >= 15 is 0 Å². The molecule has 0 saturated heterocycles. The number of halogens is 7. The molecule has 1 rings (SSSR count). The second-order valence-electron chi connectivity index (χ2n) is 8.17. The average molecular weight is 456 g/mol. The van der Waals surface area contributed by atoms with Crippen molar-refractivity contribution >= 4 is 0 Å². The second-order valence-corrected chi connectivity index (χ2v) is 8.17. The lowest BCUT2D eigenvalue weighted by molar-refractivity contribution is -0.266. The van der Waals surface area contributed by atoms with Crippen LogP contribution in [-0.4, -0.2) is 30.2 Å². The summed E-state index contributed by atoms with van der Waals surface area (Å²) in [6, 6.07) is 3.41. The van der Waals surface area contributed by atoms with Gasteiger partial charge in [-0.3, -0.25) is 0 Å². The maximum Gasteiger partial charge on any atom is 0.417 e. The fraction of sp³-hybridized carbons (Fsp3) is 0.545. The lowest BCUT2D eigenvalue weighted by Gasteiger charge is -2.38. The van der Waals surface area contributed by atoms with Crippen molar-refractivity contribution in [1.29, 1.82) is 0 Å². The summed E-state index contributed by atoms with van der Waals surface area (Å²) < 4.78 is 98.9. The van der Waals surface area contributed by atoms with Crippen LogP contribution in [0, 0.1) is 5.82 Å². The summed E-state index contributed by atoms with van der Waals surface area (Å²) in [6.07, 6.45) is -10.2. The Labute approximate surface area is 177 Å². The first-order valence-electron chi connectivity index (χ1n) is 9.53. The summed E-state index contributed by atoms with van der Waals surface area (Å²) in [5, 5.41) is 10.6. The van der Waals surface area contributed by atoms with Crippen LogP contribution in [0.15, 0.2) is 41.5 Å². The normalized spacial score (nSPS) is 16.3. The zero-order valence-electron chi connectivity index (χ0n) is 18.0. The average Bonchev–Trinajstić information content (AvgIpc) is 2.59. The Morgan fingerprint density at radius 2 is 1.65 bits per heavy atom. The van der Waals surface area contributed by atoms with Crippen LogP contribution in [0.5, 0.6) is 5.75 Å². The molecule has 0 bridgehead atoms. The fourth-order valence-corrected chi connectivity index (χ4v) is 3.47. The summed E-state index contributed by atoms with van der Waals surface area (Å²) in [5.41, 5.74) is -5.49. The van der Waals surface area contributed by atoms with E-state index in [0.29, 0.717) is 6.08 Å². The minimum absolute atomic E-state index is 0.0861. The van der Waals surface area contributed by atoms with Gasteiger partial charge in [-0.15, -0.1) is 0 Å². The number of hydrogen-bond acceptors (Lipinski definition) is 2. The molecule has 1 aromatic rings. The first kappa shape index (κ1) is 27.0. The van der Waals surface area contributed by atoms with E-state index < -0.39 is 47.6 Å². The molecular formula is C22H27F7O2. The Morgan fingerprint density at radius 3 is 2.10 bits per heavy atom. The Bertz CT molecular complexity index is 820. The van der Waals surface area contributed by atoms with Crippen molar-refractivity contribution in [3.8, 4) is 5.75 Å². The van der Waals surface area contributed by atoms with E-state index in [1.165, 1.54) is 40.9 Å². The van der Waals surface area contributed by atoms with Crippen LogP contribution >= 0.6 is 0 Å². The van der Waals surface area contributed by atoms with Crippen molar-refractivity contribution in [2.75, 3.05) is 7.11 Å². The van der Waals surface area contributed by atoms with Gasteiger partial charge in [-0.2, -0.15) is 26.3 Å². The zero-order valence-corrected chi connectivity index (χ0v) is 18.0. The molecule has 0 aromatic heterocycles. The summed E-state index contributed by atoms with van der Waals surface area (Å²) in [7, 11) is 1.29. The fourth-order valence-electron chi connectivity index (χ4n) is 3.47. The number of ether oxygens (including phenoxy) is 1. The van der Waals surface area contributed by atoms with Crippen LogP contribution in [0.25, 0.3) is 0 Å². The van der Waals surface area contributed by atoms with Gasteiger partial charge in [0.15, 0.2) is 5.60 Å². The van der Waals surface area contributed by atoms with Crippen LogP contribution in [0.1, 0.15) is 52.5 Å². The maximum atomic E-state index is 13.8. The van der Waals surface area contributed by atoms with E-state index in [-0.39, 0.29) is 23.3 Å². The summed E-state index contributed by atoms with van der Waals surface area (Å²) in [5.74, 6) is -0.524. The minimum atomic E-state index is -5.08. The van der Waals surface area contributed by atoms with Gasteiger partial charge in [0.1, 0.15) is 11.6 Å². The molecule has 1 N–H and O–H groups in total. The third-order valence-electron chi connectivity index (χ3n) is 5.04. The molecule has 9 heteroatoms. The molecular weight excluding hydrogens is 429 g/mol. The molecule has 0 heterocycles. The zero-order chi connectivity index (χ0) is 24.3. The summed E-state index contributed by atoms with van der Waals surface area (Å²) >= 11 is 0. The molecule has 1 atom stereocenters. The highest BCUT2D eigenvalue weighted by molar-refractivity contribution is 5.40. The number of aliphatic hydroxyl groups is 1. The van der Waals surface area contributed by atoms with E-state index in [9.17, 15) is 35.8 Å². The molecule has 0 aliphatic rings. The largest absolute Gasteiger partial charge is 0.496 e. The molecule has 0 amide bonds. The van der Waals surface area contributed by atoms with Crippen molar-refractivity contribution in [2.24, 2.45) is 0 Å². The monoisotopic (exact) mass is 456 g/mol. The van der Waals surface area contributed by atoms with Crippen LogP contribution in [-0.2, 0) is 5.41 Å². The van der Waals surface area contributed by atoms with Gasteiger partial charge in [-0.25, -0.2) is 4.39 Å². The highest BCUT2D eigenvalue weighted by Gasteiger charge is 2.56. The third-order valence-corrected chi connectivity index (χ3v) is 5.04. The topological polar surface area (TPSA) is 29.5 Å². The lowest BCUT2D eigenvalue weighted by atomic mass is 9.72. The van der Waals surface area contributed by atoms with Gasteiger partial charge in [0.05, 0.1) is 7.11 Å². The molecule has 0 radical (unpaired) electrons. The quantitative estimate of drug-likeness (QED) is 0.336. The van der Waals surface area contributed by atoms with Gasteiger partial charge in [0, 0.05) is 17.6 Å². The highest BCUT2D eigenvalue weighted by atomic mass is 19.4. The number of benzene rings is 1. The third kappa shape index (κ3) is 6.98. The van der Waals surface area contributed by atoms with Gasteiger partial charge < -0.3 is 9.84 Å². The lowest BCUT2D eigenvalue weighted by Crippen LogP contribution is -2.49. The molecule has 0 fully saturated rings. The Morgan fingerprint density at radius 1 is 1.06 bits per heavy atom. The molecule has 176 valence electrons. The molecule has 2 nitrogen and oxygen atoms in total. The molecule has 1 aromatic carbocycles. The predicted molar refractivity (Wildman–Crippen MR) is 104 cm³/mol. The van der Waals surface area contributed by atoms with E-state index in [0.717, 1.165) is 18.2 Å². The van der Waals surface area contributed by atoms with Crippen molar-refractivity contribution < 1.29 is 40.6 Å². The number of rotatable bonds is 8. The number of hydrogen-bond donors (Lipinski definition) is 1. The van der Waals surface area contributed by atoms with Crippen molar-refractivity contribution in [3.63, 3.8) is 0 Å². The van der Waals surface area contributed by atoms with Gasteiger partial charge in [-0.05, 0) is 43.4 Å². The first-order chi connectivity index (χ1) is 14.0. The van der Waals surface area contributed by atoms with Gasteiger partial charge >= 0.3 is 12.4 Å². The standard InChI is InChI=1S/C22H27F7O2/c1-6-15(21(24,25)26)8-7-14(2)12-20(30,22(27,28)29)13-19(3,4)17-11-16(23)9-10-18(17)31-5/h7-11,30H,6,12-13H2,1-5H3/b14-7+,15-8+. The molecule has 0 spiro atoms. The Hall–Kier alpha value is -2.03. The molecule has 0 aliphatic carbocycles. The van der Waals surface area contributed by atoms with Gasteiger partial charge in [-0.1, -0.05) is 38.5 Å². The number of alkyl halides is 6. The van der Waals surface area contributed by atoms with Crippen LogP contribution in [0.3, 0.4) is 0 Å². The van der Waals surface area contributed by atoms with Crippen molar-refractivity contribution in [1.82, 2.24) is 0 Å². The first-order valence-corrected chi connectivity index (χ1v) is 9.53. The summed E-state index contributed by atoms with van der Waals surface area (Å²) in [6.45, 7) is 5.30. The smallest absolute Gasteiger partial charge is 0.417 e. The van der Waals surface area contributed by atoms with E-state index in [2.05, 4.69) is 0 Å². The van der Waals surface area contributed by atoms with Gasteiger partial charge in [0.25, 0.3) is 0 Å². The highest BCUT2D eigenvalue weighted by Crippen LogP contribution is 2.46. The van der Waals surface area contributed by atoms with Crippen molar-refractivity contribution in [2.45, 2.75) is 70.3 Å². The van der Waals surface area contributed by atoms with Crippen LogP contribution in [0.2, 0.25) is 0 Å². The summed E-state index contributed by atoms with van der Waals surface area (Å²) in [4.78, 5) is 0. The number of methoxy groups -OCH3 is 1. The maximum absolute atomic E-state index is 13.8. The van der Waals surface area contributed by atoms with E-state index in [4.69, 9.17) is 4.74 Å². The van der Waals surface area contributed by atoms with E-state index in [1.807, 2.05) is 0 Å². The van der Waals surface area contributed by atoms with E-state index in [1.54, 1.807) is 0 Å². The number of allylic oxidation sites excluding steroid dienone is 3. The Kier molecular flexibility index (Phi) is 8.39. The Balaban J connectivity index is 3.34. The predicted octanol–water partition coefficient (Wildman–Crippen LogP) is 7.03. The van der Waals surface area contributed by atoms with Crippen molar-refractivity contribution in [3.05, 3.63) is 52.9 Å². The molecule has 1 unspecified atom stereocenters. The SMILES string of the molecule is CC/C(=C\C=C(/C)CC(O)(CC(C)(C)c1cc(F)ccc1OC)C(F)(F)F)C(F)(F)F. The van der Waals surface area contributed by atoms with Crippen LogP contribution < -0.4 is 4.74 Å².